The molecule has 25 heavy (non-hydrogen) atoms. The zero-order valence-electron chi connectivity index (χ0n) is 14.6. The molecule has 0 atom stereocenters. The fourth-order valence-corrected chi connectivity index (χ4v) is 4.16. The molecular weight excluding hydrogens is 334 g/mol. The zero-order chi connectivity index (χ0) is 18.1. The second-order valence-corrected chi connectivity index (χ2v) is 8.83. The molecule has 1 aliphatic carbocycles. The Morgan fingerprint density at radius 1 is 1.12 bits per heavy atom. The molecule has 0 aromatic heterocycles. The summed E-state index contributed by atoms with van der Waals surface area (Å²) in [5.74, 6) is -0.207. The van der Waals surface area contributed by atoms with Gasteiger partial charge in [-0.1, -0.05) is 43.3 Å². The van der Waals surface area contributed by atoms with Crippen molar-refractivity contribution in [1.29, 1.82) is 0 Å². The maximum absolute atomic E-state index is 12.7. The molecule has 0 radical (unpaired) electrons. The van der Waals surface area contributed by atoms with Gasteiger partial charge in [-0.2, -0.15) is 0 Å². The lowest BCUT2D eigenvalue weighted by atomic mass is 10.0. The fourth-order valence-electron chi connectivity index (χ4n) is 3.13. The topological polar surface area (TPSA) is 63.2 Å². The summed E-state index contributed by atoms with van der Waals surface area (Å²) in [6.07, 6.45) is 4.48. The second kappa shape index (κ2) is 6.64. The minimum atomic E-state index is -3.36. The highest BCUT2D eigenvalue weighted by atomic mass is 32.2. The first kappa shape index (κ1) is 17.7. The van der Waals surface area contributed by atoms with E-state index in [9.17, 15) is 13.2 Å². The molecule has 0 spiro atoms. The smallest absolute Gasteiger partial charge is 0.251 e. The van der Waals surface area contributed by atoms with E-state index in [1.54, 1.807) is 12.1 Å². The van der Waals surface area contributed by atoms with Gasteiger partial charge >= 0.3 is 0 Å². The van der Waals surface area contributed by atoms with Crippen molar-refractivity contribution in [2.24, 2.45) is 0 Å². The third kappa shape index (κ3) is 4.10. The molecule has 0 heterocycles. The van der Waals surface area contributed by atoms with E-state index in [0.29, 0.717) is 12.0 Å². The van der Waals surface area contributed by atoms with Crippen LogP contribution in [-0.4, -0.2) is 26.1 Å². The molecule has 2 aromatic rings. The molecule has 1 fully saturated rings. The number of carbonyl (C=O) groups is 1. The van der Waals surface area contributed by atoms with Gasteiger partial charge in [0.15, 0.2) is 9.84 Å². The van der Waals surface area contributed by atoms with E-state index in [2.05, 4.69) is 17.4 Å². The predicted octanol–water partition coefficient (Wildman–Crippen LogP) is 3.16. The van der Waals surface area contributed by atoms with Crippen molar-refractivity contribution in [3.63, 3.8) is 0 Å². The average molecular weight is 357 g/mol. The van der Waals surface area contributed by atoms with Crippen LogP contribution in [-0.2, 0) is 22.7 Å². The molecule has 0 unspecified atom stereocenters. The molecule has 5 heteroatoms. The van der Waals surface area contributed by atoms with Crippen LogP contribution in [0.25, 0.3) is 0 Å². The molecule has 132 valence electrons. The standard InChI is InChI=1S/C20H23NO3S/c1-3-16-9-10-17(13-18(16)25(2,23)24)19(22)21-20(11-12-20)14-15-7-5-4-6-8-15/h4-10,13H,3,11-12,14H2,1-2H3,(H,21,22). The number of sulfone groups is 1. The lowest BCUT2D eigenvalue weighted by Crippen LogP contribution is -2.38. The Hall–Kier alpha value is -2.14. The number of hydrogen-bond donors (Lipinski definition) is 1. The summed E-state index contributed by atoms with van der Waals surface area (Å²) in [7, 11) is -3.36. The van der Waals surface area contributed by atoms with E-state index in [-0.39, 0.29) is 16.3 Å². The van der Waals surface area contributed by atoms with Crippen LogP contribution in [0.2, 0.25) is 0 Å². The van der Waals surface area contributed by atoms with Crippen LogP contribution in [0.1, 0.15) is 41.3 Å². The van der Waals surface area contributed by atoms with E-state index in [0.717, 1.165) is 24.8 Å². The largest absolute Gasteiger partial charge is 0.346 e. The summed E-state index contributed by atoms with van der Waals surface area (Å²) in [4.78, 5) is 12.9. The third-order valence-corrected chi connectivity index (χ3v) is 5.91. The highest BCUT2D eigenvalue weighted by molar-refractivity contribution is 7.90. The SMILES string of the molecule is CCc1ccc(C(=O)NC2(Cc3ccccc3)CC2)cc1S(C)(=O)=O. The van der Waals surface area contributed by atoms with Crippen molar-refractivity contribution >= 4 is 15.7 Å². The van der Waals surface area contributed by atoms with Gasteiger partial charge in [-0.3, -0.25) is 4.79 Å². The zero-order valence-corrected chi connectivity index (χ0v) is 15.4. The number of rotatable bonds is 6. The molecule has 3 rings (SSSR count). The molecule has 0 aliphatic heterocycles. The van der Waals surface area contributed by atoms with Crippen LogP contribution in [0, 0.1) is 0 Å². The fraction of sp³-hybridized carbons (Fsp3) is 0.350. The van der Waals surface area contributed by atoms with E-state index in [1.807, 2.05) is 25.1 Å². The Bertz CT molecular complexity index is 884. The molecule has 0 saturated heterocycles. The maximum atomic E-state index is 12.7. The molecule has 1 saturated carbocycles. The van der Waals surface area contributed by atoms with Crippen molar-refractivity contribution in [3.05, 3.63) is 65.2 Å². The first-order valence-corrected chi connectivity index (χ1v) is 10.4. The molecule has 4 nitrogen and oxygen atoms in total. The Kier molecular flexibility index (Phi) is 4.69. The summed E-state index contributed by atoms with van der Waals surface area (Å²) in [5, 5.41) is 3.11. The van der Waals surface area contributed by atoms with Crippen LogP contribution >= 0.6 is 0 Å². The van der Waals surface area contributed by atoms with Crippen molar-refractivity contribution in [2.45, 2.75) is 43.0 Å². The number of amides is 1. The number of aryl methyl sites for hydroxylation is 1. The molecule has 1 amide bonds. The highest BCUT2D eigenvalue weighted by Gasteiger charge is 2.44. The minimum absolute atomic E-state index is 0.201. The van der Waals surface area contributed by atoms with E-state index in [1.165, 1.54) is 17.9 Å². The highest BCUT2D eigenvalue weighted by Crippen LogP contribution is 2.39. The molecular formula is C20H23NO3S. The lowest BCUT2D eigenvalue weighted by Gasteiger charge is -2.18. The normalized spacial score (nSPS) is 15.6. The molecule has 1 aliphatic rings. The van der Waals surface area contributed by atoms with E-state index >= 15 is 0 Å². The Morgan fingerprint density at radius 3 is 2.36 bits per heavy atom. The van der Waals surface area contributed by atoms with Gasteiger partial charge in [-0.05, 0) is 48.9 Å². The van der Waals surface area contributed by atoms with Gasteiger partial charge in [0.2, 0.25) is 0 Å². The predicted molar refractivity (Wildman–Crippen MR) is 98.5 cm³/mol. The summed E-state index contributed by atoms with van der Waals surface area (Å²) in [5.41, 5.74) is 2.13. The number of nitrogens with one attached hydrogen (secondary N) is 1. The molecule has 0 bridgehead atoms. The van der Waals surface area contributed by atoms with Crippen molar-refractivity contribution in [1.82, 2.24) is 5.32 Å². The lowest BCUT2D eigenvalue weighted by molar-refractivity contribution is 0.0931. The summed E-state index contributed by atoms with van der Waals surface area (Å²) >= 11 is 0. The summed E-state index contributed by atoms with van der Waals surface area (Å²) in [6.45, 7) is 1.91. The van der Waals surface area contributed by atoms with Gasteiger partial charge < -0.3 is 5.32 Å². The third-order valence-electron chi connectivity index (χ3n) is 4.73. The molecule has 2 aromatic carbocycles. The second-order valence-electron chi connectivity index (χ2n) is 6.85. The molecule has 1 N–H and O–H groups in total. The van der Waals surface area contributed by atoms with Crippen LogP contribution in [0.4, 0.5) is 0 Å². The summed E-state index contributed by atoms with van der Waals surface area (Å²) in [6, 6.07) is 15.0. The van der Waals surface area contributed by atoms with Gasteiger partial charge in [0, 0.05) is 17.4 Å². The summed E-state index contributed by atoms with van der Waals surface area (Å²) < 4.78 is 24.0. The van der Waals surface area contributed by atoms with Crippen LogP contribution in [0.15, 0.2) is 53.4 Å². The van der Waals surface area contributed by atoms with E-state index in [4.69, 9.17) is 0 Å². The maximum Gasteiger partial charge on any atom is 0.251 e. The number of hydrogen-bond acceptors (Lipinski definition) is 3. The van der Waals surface area contributed by atoms with Crippen LogP contribution < -0.4 is 5.32 Å². The number of carbonyl (C=O) groups excluding carboxylic acids is 1. The van der Waals surface area contributed by atoms with Gasteiger partial charge in [-0.25, -0.2) is 8.42 Å². The first-order valence-electron chi connectivity index (χ1n) is 8.52. The number of benzene rings is 2. The minimum Gasteiger partial charge on any atom is -0.346 e. The van der Waals surface area contributed by atoms with E-state index < -0.39 is 9.84 Å². The van der Waals surface area contributed by atoms with Gasteiger partial charge in [0.05, 0.1) is 4.90 Å². The van der Waals surface area contributed by atoms with Gasteiger partial charge in [0.1, 0.15) is 0 Å². The Morgan fingerprint density at radius 2 is 1.80 bits per heavy atom. The van der Waals surface area contributed by atoms with Gasteiger partial charge in [-0.15, -0.1) is 0 Å². The Balaban J connectivity index is 1.80. The average Bonchev–Trinajstić information content (AvgIpc) is 3.33. The van der Waals surface area contributed by atoms with Crippen molar-refractivity contribution < 1.29 is 13.2 Å². The van der Waals surface area contributed by atoms with Crippen molar-refractivity contribution in [2.75, 3.05) is 6.26 Å². The van der Waals surface area contributed by atoms with Crippen molar-refractivity contribution in [3.8, 4) is 0 Å². The van der Waals surface area contributed by atoms with Crippen LogP contribution in [0.5, 0.6) is 0 Å². The first-order chi connectivity index (χ1) is 11.8. The quantitative estimate of drug-likeness (QED) is 0.864. The Labute approximate surface area is 149 Å². The van der Waals surface area contributed by atoms with Crippen LogP contribution in [0.3, 0.4) is 0 Å². The van der Waals surface area contributed by atoms with Gasteiger partial charge in [0.25, 0.3) is 5.91 Å². The monoisotopic (exact) mass is 357 g/mol.